The van der Waals surface area contributed by atoms with Crippen molar-refractivity contribution in [3.05, 3.63) is 34.4 Å². The van der Waals surface area contributed by atoms with Gasteiger partial charge < -0.3 is 14.8 Å². The third-order valence-corrected chi connectivity index (χ3v) is 2.36. The van der Waals surface area contributed by atoms with Crippen LogP contribution < -0.4 is 5.32 Å². The fourth-order valence-corrected chi connectivity index (χ4v) is 1.57. The molecule has 0 saturated carbocycles. The molecule has 0 fully saturated rings. The Morgan fingerprint density at radius 1 is 1.29 bits per heavy atom. The van der Waals surface area contributed by atoms with Gasteiger partial charge in [-0.3, -0.25) is 10.1 Å². The lowest BCUT2D eigenvalue weighted by Gasteiger charge is -2.22. The first kappa shape index (κ1) is 13.4. The fraction of sp³-hybridized carbons (Fsp3) is 0.455. The van der Waals surface area contributed by atoms with Crippen LogP contribution in [-0.2, 0) is 9.47 Å². The van der Waals surface area contributed by atoms with Gasteiger partial charge in [-0.2, -0.15) is 0 Å². The van der Waals surface area contributed by atoms with E-state index in [0.717, 1.165) is 0 Å². The van der Waals surface area contributed by atoms with Crippen LogP contribution in [0.1, 0.15) is 6.92 Å². The van der Waals surface area contributed by atoms with Crippen LogP contribution in [0.15, 0.2) is 24.3 Å². The molecule has 0 aliphatic rings. The van der Waals surface area contributed by atoms with Gasteiger partial charge in [0.2, 0.25) is 0 Å². The quantitative estimate of drug-likeness (QED) is 0.467. The number of nitro groups is 1. The Labute approximate surface area is 99.7 Å². The molecule has 0 spiro atoms. The topological polar surface area (TPSA) is 73.6 Å². The van der Waals surface area contributed by atoms with Crippen molar-refractivity contribution >= 4 is 11.4 Å². The first-order chi connectivity index (χ1) is 8.10. The molecule has 1 atom stereocenters. The van der Waals surface area contributed by atoms with Crippen molar-refractivity contribution in [1.82, 2.24) is 0 Å². The number of para-hydroxylation sites is 2. The largest absolute Gasteiger partial charge is 0.372 e. The molecular weight excluding hydrogens is 224 g/mol. The maximum absolute atomic E-state index is 10.8. The van der Waals surface area contributed by atoms with Gasteiger partial charge in [-0.15, -0.1) is 0 Å². The van der Waals surface area contributed by atoms with Crippen LogP contribution in [0.5, 0.6) is 0 Å². The number of rotatable bonds is 6. The number of methoxy groups -OCH3 is 2. The molecule has 0 amide bonds. The lowest BCUT2D eigenvalue weighted by atomic mass is 10.2. The summed E-state index contributed by atoms with van der Waals surface area (Å²) in [6.07, 6.45) is -0.463. The first-order valence-electron chi connectivity index (χ1n) is 5.15. The van der Waals surface area contributed by atoms with Crippen molar-refractivity contribution in [1.29, 1.82) is 0 Å². The SMILES string of the molecule is COC(OC)C(C)Nc1ccccc1[N+](=O)[O-]. The van der Waals surface area contributed by atoms with Gasteiger partial charge in [0.1, 0.15) is 5.69 Å². The monoisotopic (exact) mass is 240 g/mol. The second kappa shape index (κ2) is 6.17. The lowest BCUT2D eigenvalue weighted by molar-refractivity contribution is -0.384. The molecule has 0 aromatic heterocycles. The van der Waals surface area contributed by atoms with Crippen molar-refractivity contribution in [3.8, 4) is 0 Å². The number of benzene rings is 1. The summed E-state index contributed by atoms with van der Waals surface area (Å²) in [4.78, 5) is 10.4. The summed E-state index contributed by atoms with van der Waals surface area (Å²) in [5.74, 6) is 0. The molecular formula is C11H16N2O4. The number of hydrogen-bond acceptors (Lipinski definition) is 5. The highest BCUT2D eigenvalue weighted by Crippen LogP contribution is 2.24. The second-order valence-electron chi connectivity index (χ2n) is 3.55. The van der Waals surface area contributed by atoms with Gasteiger partial charge in [-0.25, -0.2) is 0 Å². The molecule has 0 saturated heterocycles. The number of ether oxygens (including phenoxy) is 2. The first-order valence-corrected chi connectivity index (χ1v) is 5.15. The molecule has 1 aromatic rings. The molecule has 0 heterocycles. The van der Waals surface area contributed by atoms with Crippen molar-refractivity contribution in [3.63, 3.8) is 0 Å². The van der Waals surface area contributed by atoms with Crippen molar-refractivity contribution < 1.29 is 14.4 Å². The summed E-state index contributed by atoms with van der Waals surface area (Å²) < 4.78 is 10.2. The second-order valence-corrected chi connectivity index (χ2v) is 3.55. The van der Waals surface area contributed by atoms with Gasteiger partial charge in [0.15, 0.2) is 6.29 Å². The van der Waals surface area contributed by atoms with Gasteiger partial charge in [0, 0.05) is 20.3 Å². The Balaban J connectivity index is 2.84. The van der Waals surface area contributed by atoms with Crippen LogP contribution in [0.4, 0.5) is 11.4 Å². The van der Waals surface area contributed by atoms with E-state index in [9.17, 15) is 10.1 Å². The van der Waals surface area contributed by atoms with Crippen LogP contribution in [0.25, 0.3) is 0 Å². The van der Waals surface area contributed by atoms with Gasteiger partial charge in [-0.05, 0) is 13.0 Å². The molecule has 94 valence electrons. The smallest absolute Gasteiger partial charge is 0.292 e. The van der Waals surface area contributed by atoms with Gasteiger partial charge in [-0.1, -0.05) is 12.1 Å². The summed E-state index contributed by atoms with van der Waals surface area (Å²) in [6, 6.07) is 6.25. The molecule has 6 nitrogen and oxygen atoms in total. The molecule has 1 rings (SSSR count). The van der Waals surface area contributed by atoms with Crippen LogP contribution >= 0.6 is 0 Å². The molecule has 6 heteroatoms. The zero-order valence-corrected chi connectivity index (χ0v) is 10.0. The normalized spacial score (nSPS) is 12.5. The molecule has 17 heavy (non-hydrogen) atoms. The van der Waals surface area contributed by atoms with E-state index < -0.39 is 11.2 Å². The molecule has 0 bridgehead atoms. The minimum atomic E-state index is -0.463. The molecule has 0 aliphatic carbocycles. The average Bonchev–Trinajstić information content (AvgIpc) is 2.31. The molecule has 1 unspecified atom stereocenters. The molecule has 0 aliphatic heterocycles. The van der Waals surface area contributed by atoms with Crippen LogP contribution in [-0.4, -0.2) is 31.5 Å². The molecule has 1 N–H and O–H groups in total. The fourth-order valence-electron chi connectivity index (χ4n) is 1.57. The van der Waals surface area contributed by atoms with Gasteiger partial charge in [0.25, 0.3) is 5.69 Å². The molecule has 0 radical (unpaired) electrons. The van der Waals surface area contributed by atoms with E-state index in [1.165, 1.54) is 20.3 Å². The summed E-state index contributed by atoms with van der Waals surface area (Å²) in [7, 11) is 3.04. The van der Waals surface area contributed by atoms with Crippen molar-refractivity contribution in [2.45, 2.75) is 19.3 Å². The summed E-state index contributed by atoms with van der Waals surface area (Å²) in [6.45, 7) is 1.83. The number of nitrogens with one attached hydrogen (secondary N) is 1. The van der Waals surface area contributed by atoms with Crippen molar-refractivity contribution in [2.24, 2.45) is 0 Å². The van der Waals surface area contributed by atoms with Gasteiger partial charge in [0.05, 0.1) is 11.0 Å². The number of hydrogen-bond donors (Lipinski definition) is 1. The summed E-state index contributed by atoms with van der Waals surface area (Å²) in [5.41, 5.74) is 0.481. The summed E-state index contributed by atoms with van der Waals surface area (Å²) in [5, 5.41) is 13.8. The van der Waals surface area contributed by atoms with E-state index in [1.54, 1.807) is 18.2 Å². The maximum atomic E-state index is 10.8. The highest BCUT2D eigenvalue weighted by atomic mass is 16.7. The Hall–Kier alpha value is -1.66. The zero-order valence-electron chi connectivity index (χ0n) is 10.0. The molecule has 1 aromatic carbocycles. The van der Waals surface area contributed by atoms with E-state index in [4.69, 9.17) is 9.47 Å². The number of anilines is 1. The van der Waals surface area contributed by atoms with Crippen LogP contribution in [0.3, 0.4) is 0 Å². The highest BCUT2D eigenvalue weighted by Gasteiger charge is 2.19. The minimum absolute atomic E-state index is 0.0327. The Morgan fingerprint density at radius 3 is 2.41 bits per heavy atom. The van der Waals surface area contributed by atoms with Crippen LogP contribution in [0.2, 0.25) is 0 Å². The predicted molar refractivity (Wildman–Crippen MR) is 64.0 cm³/mol. The van der Waals surface area contributed by atoms with Crippen LogP contribution in [0, 0.1) is 10.1 Å². The lowest BCUT2D eigenvalue weighted by Crippen LogP contribution is -2.33. The Kier molecular flexibility index (Phi) is 4.86. The van der Waals surface area contributed by atoms with E-state index in [-0.39, 0.29) is 11.7 Å². The number of nitrogens with zero attached hydrogens (tertiary/aromatic N) is 1. The van der Waals surface area contributed by atoms with E-state index in [1.807, 2.05) is 6.92 Å². The Bertz CT molecular complexity index is 379. The third kappa shape index (κ3) is 3.40. The maximum Gasteiger partial charge on any atom is 0.292 e. The highest BCUT2D eigenvalue weighted by molar-refractivity contribution is 5.61. The van der Waals surface area contributed by atoms with E-state index >= 15 is 0 Å². The summed E-state index contributed by atoms with van der Waals surface area (Å²) >= 11 is 0. The zero-order chi connectivity index (χ0) is 12.8. The van der Waals surface area contributed by atoms with E-state index in [2.05, 4.69) is 5.32 Å². The number of nitro benzene ring substituents is 1. The Morgan fingerprint density at radius 2 is 1.88 bits per heavy atom. The third-order valence-electron chi connectivity index (χ3n) is 2.36. The average molecular weight is 240 g/mol. The van der Waals surface area contributed by atoms with Gasteiger partial charge >= 0.3 is 0 Å². The predicted octanol–water partition coefficient (Wildman–Crippen LogP) is 2.01. The standard InChI is InChI=1S/C11H16N2O4/c1-8(11(16-2)17-3)12-9-6-4-5-7-10(9)13(14)15/h4-8,11-12H,1-3H3. The van der Waals surface area contributed by atoms with E-state index in [0.29, 0.717) is 5.69 Å². The minimum Gasteiger partial charge on any atom is -0.372 e. The van der Waals surface area contributed by atoms with Crippen molar-refractivity contribution in [2.75, 3.05) is 19.5 Å².